The first-order valence-corrected chi connectivity index (χ1v) is 23.3. The van der Waals surface area contributed by atoms with E-state index < -0.39 is 71.4 Å². The number of aromatic hydroxyl groups is 2. The Balaban J connectivity index is 1.34. The maximum Gasteiger partial charge on any atom is 0.326 e. The van der Waals surface area contributed by atoms with Crippen LogP contribution in [-0.2, 0) is 40.0 Å². The molecule has 0 radical (unpaired) electrons. The average molecular weight is 891 g/mol. The summed E-state index contributed by atoms with van der Waals surface area (Å²) in [7, 11) is 1.37. The van der Waals surface area contributed by atoms with E-state index in [1.807, 2.05) is 0 Å². The fraction of sp³-hybridized carbons (Fsp3) is 0.612. The van der Waals surface area contributed by atoms with Gasteiger partial charge in [0.25, 0.3) is 0 Å². The summed E-state index contributed by atoms with van der Waals surface area (Å²) >= 11 is 0. The SMILES string of the molecule is CCCCCCCCCCCCCCCC(=O)N1C[C@H](O)CC1C(=O)N[C@H](C)C(=O)CCC(=O)N(C)[C@@H]1C(=O)C[C@@H](C)C(=O)N[C@H](C(=O)O)Cc2ccc(O)c(c2)-c2cc1ccc2O. The highest BCUT2D eigenvalue weighted by Crippen LogP contribution is 2.39. The summed E-state index contributed by atoms with van der Waals surface area (Å²) in [6.07, 6.45) is 13.5. The van der Waals surface area contributed by atoms with Crippen molar-refractivity contribution in [3.8, 4) is 22.6 Å². The topological polar surface area (TPSA) is 231 Å². The van der Waals surface area contributed by atoms with Crippen LogP contribution in [0.3, 0.4) is 0 Å². The molecule has 1 unspecified atom stereocenters. The molecule has 6 atom stereocenters. The molecule has 64 heavy (non-hydrogen) atoms. The van der Waals surface area contributed by atoms with E-state index in [-0.39, 0.29) is 79.2 Å². The van der Waals surface area contributed by atoms with E-state index in [9.17, 15) is 54.0 Å². The van der Waals surface area contributed by atoms with Crippen molar-refractivity contribution in [1.82, 2.24) is 20.4 Å². The van der Waals surface area contributed by atoms with Crippen molar-refractivity contribution in [2.75, 3.05) is 13.6 Å². The third-order valence-electron chi connectivity index (χ3n) is 12.6. The predicted molar refractivity (Wildman–Crippen MR) is 241 cm³/mol. The summed E-state index contributed by atoms with van der Waals surface area (Å²) in [5.41, 5.74) is 0.946. The molecule has 6 N–H and O–H groups in total. The van der Waals surface area contributed by atoms with Gasteiger partial charge in [-0.1, -0.05) is 103 Å². The molecule has 0 spiro atoms. The number of Topliss-reactive ketones (excluding diaryl/α,β-unsaturated/α-hetero) is 2. The number of carboxylic acid groups (broad SMARTS) is 1. The van der Waals surface area contributed by atoms with Gasteiger partial charge in [0.2, 0.25) is 23.6 Å². The lowest BCUT2D eigenvalue weighted by molar-refractivity contribution is -0.143. The van der Waals surface area contributed by atoms with E-state index in [1.54, 1.807) is 0 Å². The molecule has 4 bridgehead atoms. The minimum atomic E-state index is -1.36. The number of rotatable bonds is 22. The van der Waals surface area contributed by atoms with Gasteiger partial charge in [-0.05, 0) is 48.7 Å². The average Bonchev–Trinajstić information content (AvgIpc) is 3.66. The minimum absolute atomic E-state index is 0.0286. The molecule has 2 aliphatic heterocycles. The van der Waals surface area contributed by atoms with Crippen molar-refractivity contribution >= 4 is 41.2 Å². The predicted octanol–water partition coefficient (Wildman–Crippen LogP) is 6.28. The number of nitrogens with one attached hydrogen (secondary N) is 2. The van der Waals surface area contributed by atoms with Crippen LogP contribution in [0, 0.1) is 5.92 Å². The zero-order valence-corrected chi connectivity index (χ0v) is 38.1. The lowest BCUT2D eigenvalue weighted by Gasteiger charge is -2.29. The molecular formula is C49H70N4O11. The molecule has 0 aliphatic carbocycles. The number of likely N-dealkylation sites (N-methyl/N-ethyl adjacent to an activating group) is 1. The van der Waals surface area contributed by atoms with Crippen molar-refractivity contribution < 1.29 is 54.0 Å². The molecule has 4 amide bonds. The first-order chi connectivity index (χ1) is 30.5. The van der Waals surface area contributed by atoms with Gasteiger partial charge in [0, 0.05) is 69.2 Å². The maximum atomic E-state index is 14.0. The second kappa shape index (κ2) is 25.2. The van der Waals surface area contributed by atoms with Crippen molar-refractivity contribution in [1.29, 1.82) is 0 Å². The largest absolute Gasteiger partial charge is 0.507 e. The molecule has 2 heterocycles. The number of hydrogen-bond acceptors (Lipinski definition) is 10. The van der Waals surface area contributed by atoms with Crippen molar-refractivity contribution in [3.63, 3.8) is 0 Å². The van der Waals surface area contributed by atoms with Crippen LogP contribution in [0.1, 0.15) is 154 Å². The minimum Gasteiger partial charge on any atom is -0.507 e. The molecule has 1 saturated heterocycles. The van der Waals surface area contributed by atoms with Gasteiger partial charge in [-0.15, -0.1) is 0 Å². The number of phenols is 2. The number of phenolic OH excluding ortho intramolecular Hbond substituents is 2. The Morgan fingerprint density at radius 2 is 1.39 bits per heavy atom. The van der Waals surface area contributed by atoms with Gasteiger partial charge < -0.3 is 40.9 Å². The molecule has 0 aromatic heterocycles. The fourth-order valence-corrected chi connectivity index (χ4v) is 8.68. The lowest BCUT2D eigenvalue weighted by atomic mass is 9.89. The van der Waals surface area contributed by atoms with Gasteiger partial charge >= 0.3 is 5.97 Å². The highest BCUT2D eigenvalue weighted by Gasteiger charge is 2.39. The van der Waals surface area contributed by atoms with Crippen LogP contribution in [-0.4, -0.2) is 109 Å². The van der Waals surface area contributed by atoms with E-state index in [2.05, 4.69) is 17.6 Å². The Morgan fingerprint density at radius 3 is 2.00 bits per heavy atom. The number of likely N-dealkylation sites (tertiary alicyclic amines) is 1. The van der Waals surface area contributed by atoms with Crippen molar-refractivity contribution in [2.45, 2.75) is 173 Å². The molecular weight excluding hydrogens is 821 g/mol. The summed E-state index contributed by atoms with van der Waals surface area (Å²) in [6, 6.07) is 3.87. The number of carboxylic acids is 1. The number of fused-ring (bicyclic) bond motifs is 5. The summed E-state index contributed by atoms with van der Waals surface area (Å²) in [5.74, 6) is -5.94. The number of amides is 4. The number of unbranched alkanes of at least 4 members (excludes halogenated alkanes) is 12. The standard InChI is InChI=1S/C49H70N4O11/c1-5-6-7-8-9-10-11-12-13-14-15-16-17-18-45(60)53-30-35(54)29-39(53)48(62)50-32(3)40(55)23-24-44(59)52(4)46-34-20-22-42(57)37(28-34)36-26-33(19-21-41(36)56)27-38(49(63)64)51-47(61)31(2)25-43(46)58/h19-22,26,28,31-32,35,38-39,46,54,56-57H,5-18,23-25,27,29-30H2,1-4H3,(H,50,62)(H,51,61)(H,63,64)/t31-,32-,35-,38+,39?,46+/m1/s1. The van der Waals surface area contributed by atoms with Crippen LogP contribution in [0.5, 0.6) is 11.5 Å². The summed E-state index contributed by atoms with van der Waals surface area (Å²) in [5, 5.41) is 47.1. The van der Waals surface area contributed by atoms with Crippen LogP contribution in [0.4, 0.5) is 0 Å². The maximum absolute atomic E-state index is 14.0. The van der Waals surface area contributed by atoms with Gasteiger partial charge in [0.15, 0.2) is 11.6 Å². The van der Waals surface area contributed by atoms with E-state index in [1.165, 1.54) is 120 Å². The number of carbonyl (C=O) groups excluding carboxylic acids is 6. The molecule has 2 aromatic rings. The smallest absolute Gasteiger partial charge is 0.326 e. The van der Waals surface area contributed by atoms with E-state index >= 15 is 0 Å². The number of hydrogen-bond donors (Lipinski definition) is 6. The van der Waals surface area contributed by atoms with Crippen molar-refractivity contribution in [2.24, 2.45) is 5.92 Å². The number of ketones is 2. The van der Waals surface area contributed by atoms with Gasteiger partial charge in [0.1, 0.15) is 29.6 Å². The van der Waals surface area contributed by atoms with Crippen LogP contribution in [0.25, 0.3) is 11.1 Å². The van der Waals surface area contributed by atoms with Gasteiger partial charge in [-0.2, -0.15) is 0 Å². The van der Waals surface area contributed by atoms with E-state index in [4.69, 9.17) is 0 Å². The normalized spacial score (nSPS) is 20.5. The highest BCUT2D eigenvalue weighted by atomic mass is 16.4. The number of nitrogens with zero attached hydrogens (tertiary/aromatic N) is 2. The molecule has 15 heteroatoms. The fourth-order valence-electron chi connectivity index (χ4n) is 8.68. The lowest BCUT2D eigenvalue weighted by Crippen LogP contribution is -2.50. The summed E-state index contributed by atoms with van der Waals surface area (Å²) in [6.45, 7) is 5.20. The zero-order chi connectivity index (χ0) is 46.9. The molecule has 352 valence electrons. The molecule has 15 nitrogen and oxygen atoms in total. The third-order valence-corrected chi connectivity index (χ3v) is 12.6. The Kier molecular flexibility index (Phi) is 20.2. The summed E-state index contributed by atoms with van der Waals surface area (Å²) in [4.78, 5) is 95.6. The zero-order valence-electron chi connectivity index (χ0n) is 38.1. The van der Waals surface area contributed by atoms with Gasteiger partial charge in [-0.3, -0.25) is 28.8 Å². The van der Waals surface area contributed by atoms with Gasteiger partial charge in [-0.25, -0.2) is 4.79 Å². The Morgan fingerprint density at radius 1 is 0.812 bits per heavy atom. The number of benzene rings is 2. The number of aliphatic hydroxyl groups excluding tert-OH is 1. The van der Waals surface area contributed by atoms with E-state index in [0.717, 1.165) is 24.2 Å². The van der Waals surface area contributed by atoms with Crippen LogP contribution in [0.15, 0.2) is 36.4 Å². The quantitative estimate of drug-likeness (QED) is 0.0721. The first-order valence-electron chi connectivity index (χ1n) is 23.3. The number of aliphatic carboxylic acids is 1. The monoisotopic (exact) mass is 891 g/mol. The van der Waals surface area contributed by atoms with Crippen LogP contribution >= 0.6 is 0 Å². The summed E-state index contributed by atoms with van der Waals surface area (Å²) < 4.78 is 0. The Bertz CT molecular complexity index is 1950. The van der Waals surface area contributed by atoms with Crippen LogP contribution < -0.4 is 10.6 Å². The second-order valence-corrected chi connectivity index (χ2v) is 17.9. The Hall–Kier alpha value is -5.31. The number of β-amino-alcohol motifs (C(OH)–C–C–N with tert-alkyl or cyclic N) is 1. The van der Waals surface area contributed by atoms with E-state index in [0.29, 0.717) is 12.0 Å². The molecule has 0 saturated carbocycles. The second-order valence-electron chi connectivity index (χ2n) is 17.9. The Labute approximate surface area is 377 Å². The first kappa shape index (κ1) is 51.3. The van der Waals surface area contributed by atoms with Crippen molar-refractivity contribution in [3.05, 3.63) is 47.5 Å². The molecule has 1 fully saturated rings. The third kappa shape index (κ3) is 14.9. The van der Waals surface area contributed by atoms with Gasteiger partial charge in [0.05, 0.1) is 12.1 Å². The number of aliphatic hydroxyl groups is 1. The molecule has 2 aliphatic rings. The molecule has 4 rings (SSSR count). The number of carbonyl (C=O) groups is 7. The molecule has 2 aromatic carbocycles. The highest BCUT2D eigenvalue weighted by molar-refractivity contribution is 5.97. The van der Waals surface area contributed by atoms with Crippen LogP contribution in [0.2, 0.25) is 0 Å².